The molecule has 0 aromatic carbocycles. The molecule has 1 N–H and O–H groups in total. The highest BCUT2D eigenvalue weighted by Crippen LogP contribution is 2.23. The molecule has 0 saturated carbocycles. The quantitative estimate of drug-likeness (QED) is 0.725. The molecule has 2 aromatic rings. The summed E-state index contributed by atoms with van der Waals surface area (Å²) in [5.74, 6) is 0.165. The Bertz CT molecular complexity index is 396. The van der Waals surface area contributed by atoms with E-state index in [2.05, 4.69) is 21.1 Å². The third kappa shape index (κ3) is 0.903. The van der Waals surface area contributed by atoms with Crippen molar-refractivity contribution < 1.29 is 5.11 Å². The van der Waals surface area contributed by atoms with Gasteiger partial charge in [-0.25, -0.2) is 8.58 Å². The fourth-order valence-corrected chi connectivity index (χ4v) is 1.39. The molecule has 2 rings (SSSR count). The molecule has 4 heteroatoms. The summed E-state index contributed by atoms with van der Waals surface area (Å²) in [7, 11) is 0. The predicted molar refractivity (Wildman–Crippen MR) is 45.7 cm³/mol. The van der Waals surface area contributed by atoms with E-state index < -0.39 is 0 Å². The highest BCUT2D eigenvalue weighted by molar-refractivity contribution is 9.08. The fourth-order valence-electron chi connectivity index (χ4n) is 0.990. The number of hydrogen-bond acceptors (Lipinski definition) is 2. The van der Waals surface area contributed by atoms with E-state index >= 15 is 0 Å². The standard InChI is InChI=1S/C7H5BrN2O/c8-10-6(11)4-5-2-1-3-9-7(5)10/h1-4,11H. The van der Waals surface area contributed by atoms with E-state index in [9.17, 15) is 5.11 Å². The van der Waals surface area contributed by atoms with Crippen LogP contribution in [-0.4, -0.2) is 13.7 Å². The normalized spacial score (nSPS) is 10.6. The molecular formula is C7H5BrN2O. The molecule has 3 nitrogen and oxygen atoms in total. The molecule has 0 unspecified atom stereocenters. The van der Waals surface area contributed by atoms with Gasteiger partial charge < -0.3 is 5.11 Å². The molecule has 0 atom stereocenters. The van der Waals surface area contributed by atoms with Gasteiger partial charge in [0.1, 0.15) is 0 Å². The molecule has 2 aromatic heterocycles. The summed E-state index contributed by atoms with van der Waals surface area (Å²) >= 11 is 3.15. The lowest BCUT2D eigenvalue weighted by Gasteiger charge is -1.90. The van der Waals surface area contributed by atoms with Gasteiger partial charge in [0.15, 0.2) is 5.65 Å². The second-order valence-electron chi connectivity index (χ2n) is 2.20. The number of nitrogens with zero attached hydrogens (tertiary/aromatic N) is 2. The zero-order valence-electron chi connectivity index (χ0n) is 5.53. The van der Waals surface area contributed by atoms with Crippen molar-refractivity contribution in [2.45, 2.75) is 0 Å². The minimum absolute atomic E-state index is 0.165. The molecule has 0 radical (unpaired) electrons. The van der Waals surface area contributed by atoms with E-state index in [0.29, 0.717) is 0 Å². The van der Waals surface area contributed by atoms with Gasteiger partial charge >= 0.3 is 0 Å². The zero-order chi connectivity index (χ0) is 7.84. The van der Waals surface area contributed by atoms with Crippen molar-refractivity contribution in [1.82, 2.24) is 8.58 Å². The van der Waals surface area contributed by atoms with Crippen molar-refractivity contribution in [3.63, 3.8) is 0 Å². The Kier molecular flexibility index (Phi) is 1.35. The Hall–Kier alpha value is -1.03. The van der Waals surface area contributed by atoms with Gasteiger partial charge in [-0.05, 0) is 12.1 Å². The van der Waals surface area contributed by atoms with Crippen molar-refractivity contribution in [3.8, 4) is 5.88 Å². The summed E-state index contributed by atoms with van der Waals surface area (Å²) in [5, 5.41) is 10.1. The van der Waals surface area contributed by atoms with E-state index in [1.54, 1.807) is 12.3 Å². The van der Waals surface area contributed by atoms with Gasteiger partial charge in [0.05, 0.1) is 16.1 Å². The van der Waals surface area contributed by atoms with Crippen LogP contribution in [0.5, 0.6) is 5.88 Å². The van der Waals surface area contributed by atoms with Crippen LogP contribution in [0, 0.1) is 0 Å². The van der Waals surface area contributed by atoms with Crippen molar-refractivity contribution in [2.75, 3.05) is 0 Å². The molecule has 0 aliphatic carbocycles. The molecule has 0 amide bonds. The highest BCUT2D eigenvalue weighted by atomic mass is 79.9. The number of aromatic hydroxyl groups is 1. The van der Waals surface area contributed by atoms with E-state index in [4.69, 9.17) is 0 Å². The summed E-state index contributed by atoms with van der Waals surface area (Å²) < 4.78 is 1.46. The van der Waals surface area contributed by atoms with Gasteiger partial charge in [0, 0.05) is 17.6 Å². The predicted octanol–water partition coefficient (Wildman–Crippen LogP) is 1.90. The summed E-state index contributed by atoms with van der Waals surface area (Å²) in [6.45, 7) is 0. The summed E-state index contributed by atoms with van der Waals surface area (Å²) in [6, 6.07) is 5.37. The number of fused-ring (bicyclic) bond motifs is 1. The van der Waals surface area contributed by atoms with Crippen LogP contribution >= 0.6 is 16.1 Å². The minimum atomic E-state index is 0.165. The third-order valence-electron chi connectivity index (χ3n) is 1.49. The third-order valence-corrected chi connectivity index (χ3v) is 2.19. The highest BCUT2D eigenvalue weighted by Gasteiger charge is 2.03. The maximum Gasteiger partial charge on any atom is 0.203 e. The number of hydrogen-bond donors (Lipinski definition) is 1. The maximum atomic E-state index is 9.22. The smallest absolute Gasteiger partial charge is 0.203 e. The van der Waals surface area contributed by atoms with Crippen molar-refractivity contribution >= 4 is 27.2 Å². The average Bonchev–Trinajstić information content (AvgIpc) is 2.30. The van der Waals surface area contributed by atoms with Crippen LogP contribution in [0.1, 0.15) is 0 Å². The van der Waals surface area contributed by atoms with E-state index in [1.165, 1.54) is 3.59 Å². The van der Waals surface area contributed by atoms with Crippen molar-refractivity contribution in [1.29, 1.82) is 0 Å². The summed E-state index contributed by atoms with van der Waals surface area (Å²) in [4.78, 5) is 4.06. The molecule has 0 aliphatic heterocycles. The first kappa shape index (κ1) is 6.67. The van der Waals surface area contributed by atoms with Crippen LogP contribution in [0.15, 0.2) is 24.4 Å². The van der Waals surface area contributed by atoms with Gasteiger partial charge in [-0.2, -0.15) is 0 Å². The molecule has 0 fully saturated rings. The van der Waals surface area contributed by atoms with Crippen LogP contribution in [0.3, 0.4) is 0 Å². The van der Waals surface area contributed by atoms with Crippen LogP contribution in [-0.2, 0) is 0 Å². The van der Waals surface area contributed by atoms with Gasteiger partial charge in [0.25, 0.3) is 0 Å². The first-order chi connectivity index (χ1) is 5.29. The minimum Gasteiger partial charge on any atom is -0.494 e. The molecule has 2 heterocycles. The van der Waals surface area contributed by atoms with Gasteiger partial charge in [-0.15, -0.1) is 0 Å². The Balaban J connectivity index is 2.92. The van der Waals surface area contributed by atoms with Gasteiger partial charge in [-0.3, -0.25) is 0 Å². The van der Waals surface area contributed by atoms with E-state index in [1.807, 2.05) is 12.1 Å². The number of aromatic nitrogens is 2. The maximum absolute atomic E-state index is 9.22. The average molecular weight is 213 g/mol. The summed E-state index contributed by atoms with van der Waals surface area (Å²) in [5.41, 5.74) is 0.727. The first-order valence-electron chi connectivity index (χ1n) is 3.10. The fraction of sp³-hybridized carbons (Fsp3) is 0. The van der Waals surface area contributed by atoms with Gasteiger partial charge in [-0.1, -0.05) is 0 Å². The zero-order valence-corrected chi connectivity index (χ0v) is 7.12. The number of halogens is 1. The Morgan fingerprint density at radius 1 is 1.55 bits per heavy atom. The SMILES string of the molecule is Oc1cc2cccnc2n1Br. The van der Waals surface area contributed by atoms with Crippen molar-refractivity contribution in [2.24, 2.45) is 0 Å². The molecular weight excluding hydrogens is 208 g/mol. The largest absolute Gasteiger partial charge is 0.494 e. The Labute approximate surface area is 71.6 Å². The Morgan fingerprint density at radius 2 is 2.36 bits per heavy atom. The van der Waals surface area contributed by atoms with Crippen LogP contribution in [0.25, 0.3) is 11.0 Å². The van der Waals surface area contributed by atoms with E-state index in [0.717, 1.165) is 11.0 Å². The van der Waals surface area contributed by atoms with Crippen LogP contribution < -0.4 is 0 Å². The molecule has 11 heavy (non-hydrogen) atoms. The Morgan fingerprint density at radius 3 is 3.09 bits per heavy atom. The first-order valence-corrected chi connectivity index (χ1v) is 3.81. The van der Waals surface area contributed by atoms with Crippen LogP contribution in [0.2, 0.25) is 0 Å². The second kappa shape index (κ2) is 2.23. The second-order valence-corrected chi connectivity index (χ2v) is 2.91. The topological polar surface area (TPSA) is 38.1 Å². The lowest BCUT2D eigenvalue weighted by molar-refractivity contribution is 0.454. The molecule has 0 bridgehead atoms. The number of pyridine rings is 1. The van der Waals surface area contributed by atoms with Crippen molar-refractivity contribution in [3.05, 3.63) is 24.4 Å². The summed E-state index contributed by atoms with van der Waals surface area (Å²) in [6.07, 6.45) is 1.68. The van der Waals surface area contributed by atoms with E-state index in [-0.39, 0.29) is 5.88 Å². The molecule has 0 aliphatic rings. The lowest BCUT2D eigenvalue weighted by atomic mass is 10.3. The number of rotatable bonds is 0. The monoisotopic (exact) mass is 212 g/mol. The molecule has 56 valence electrons. The van der Waals surface area contributed by atoms with Crippen LogP contribution in [0.4, 0.5) is 0 Å². The molecule has 0 spiro atoms. The molecule has 0 saturated heterocycles. The lowest BCUT2D eigenvalue weighted by Crippen LogP contribution is -1.79. The van der Waals surface area contributed by atoms with Gasteiger partial charge in [0.2, 0.25) is 5.88 Å².